The Bertz CT molecular complexity index is 1620. The molecule has 0 aromatic heterocycles. The van der Waals surface area contributed by atoms with Crippen molar-refractivity contribution < 1.29 is 119 Å². The Hall–Kier alpha value is -5.08. The van der Waals surface area contributed by atoms with E-state index in [1.54, 1.807) is 0 Å². The zero-order valence-corrected chi connectivity index (χ0v) is 34.5. The van der Waals surface area contributed by atoms with E-state index in [4.69, 9.17) is 66.3 Å². The molecule has 3 heterocycles. The minimum Gasteiger partial charge on any atom is -0.463 e. The number of alkyl halides is 1. The van der Waals surface area contributed by atoms with Crippen molar-refractivity contribution in [3.05, 3.63) is 0 Å². The summed E-state index contributed by atoms with van der Waals surface area (Å²) in [6.45, 7) is 6.51. The molecule has 0 bridgehead atoms. The highest BCUT2D eigenvalue weighted by Crippen LogP contribution is 2.34. The molecule has 15 atom stereocenters. The molecule has 0 unspecified atom stereocenters. The summed E-state index contributed by atoms with van der Waals surface area (Å²) >= 11 is 0. The van der Waals surface area contributed by atoms with E-state index < -0.39 is 166 Å². The molecule has 24 nitrogen and oxygen atoms in total. The fourth-order valence-electron chi connectivity index (χ4n) is 6.49. The molecule has 3 aliphatic rings. The fraction of sp³-hybridized carbons (Fsp3) is 0.750. The molecule has 1 N–H and O–H groups in total. The molecule has 344 valence electrons. The van der Waals surface area contributed by atoms with Crippen LogP contribution in [0.25, 0.3) is 0 Å². The van der Waals surface area contributed by atoms with Gasteiger partial charge in [-0.3, -0.25) is 43.2 Å². The van der Waals surface area contributed by atoms with Crippen molar-refractivity contribution in [1.82, 2.24) is 0 Å². The Morgan fingerprint density at radius 1 is 0.393 bits per heavy atom. The van der Waals surface area contributed by atoms with Crippen LogP contribution in [0, 0.1) is 0 Å². The van der Waals surface area contributed by atoms with Gasteiger partial charge in [0.15, 0.2) is 73.9 Å². The molecule has 0 radical (unpaired) electrons. The number of esters is 9. The molecule has 0 amide bonds. The van der Waals surface area contributed by atoms with Crippen LogP contribution in [0.5, 0.6) is 0 Å². The number of hydrogen-bond acceptors (Lipinski definition) is 24. The number of aliphatic hydroxyl groups is 1. The summed E-state index contributed by atoms with van der Waals surface area (Å²) in [5.41, 5.74) is 0. The van der Waals surface area contributed by atoms with Gasteiger partial charge in [0.2, 0.25) is 0 Å². The third-order valence-corrected chi connectivity index (χ3v) is 8.49. The lowest BCUT2D eigenvalue weighted by molar-refractivity contribution is -0.341. The molecular formula is C36H49FO24. The van der Waals surface area contributed by atoms with Crippen LogP contribution in [0.1, 0.15) is 62.3 Å². The van der Waals surface area contributed by atoms with Gasteiger partial charge < -0.3 is 71.4 Å². The van der Waals surface area contributed by atoms with Crippen molar-refractivity contribution in [2.24, 2.45) is 0 Å². The van der Waals surface area contributed by atoms with Gasteiger partial charge in [0.25, 0.3) is 0 Å². The average molecular weight is 885 g/mol. The number of rotatable bonds is 16. The third-order valence-electron chi connectivity index (χ3n) is 8.49. The smallest absolute Gasteiger partial charge is 0.303 e. The predicted octanol–water partition coefficient (Wildman–Crippen LogP) is -1.46. The monoisotopic (exact) mass is 884 g/mol. The molecule has 3 saturated heterocycles. The van der Waals surface area contributed by atoms with Crippen LogP contribution in [-0.2, 0) is 109 Å². The van der Waals surface area contributed by atoms with Crippen LogP contribution in [0.3, 0.4) is 0 Å². The first kappa shape index (κ1) is 50.3. The largest absolute Gasteiger partial charge is 0.463 e. The maximum Gasteiger partial charge on any atom is 0.303 e. The molecule has 0 aromatic rings. The lowest BCUT2D eigenvalue weighted by atomic mass is 9.97. The molecule has 0 aromatic carbocycles. The molecule has 3 rings (SSSR count). The van der Waals surface area contributed by atoms with E-state index >= 15 is 4.39 Å². The molecule has 0 aliphatic carbocycles. The molecule has 3 aliphatic heterocycles. The molecule has 61 heavy (non-hydrogen) atoms. The van der Waals surface area contributed by atoms with E-state index in [9.17, 15) is 48.3 Å². The summed E-state index contributed by atoms with van der Waals surface area (Å²) < 4.78 is 92.5. The van der Waals surface area contributed by atoms with Crippen molar-refractivity contribution in [2.45, 2.75) is 154 Å². The maximum absolute atomic E-state index is 16.1. The number of halogens is 1. The van der Waals surface area contributed by atoms with Crippen molar-refractivity contribution in [3.63, 3.8) is 0 Å². The predicted molar refractivity (Wildman–Crippen MR) is 186 cm³/mol. The minimum atomic E-state index is -2.35. The normalized spacial score (nSPS) is 33.4. The van der Waals surface area contributed by atoms with Crippen molar-refractivity contribution in [3.8, 4) is 0 Å². The van der Waals surface area contributed by atoms with E-state index in [-0.39, 0.29) is 0 Å². The highest BCUT2D eigenvalue weighted by molar-refractivity contribution is 5.70. The minimum absolute atomic E-state index is 0.670. The van der Waals surface area contributed by atoms with E-state index in [0.29, 0.717) is 0 Å². The molecule has 25 heteroatoms. The van der Waals surface area contributed by atoms with Gasteiger partial charge in [-0.15, -0.1) is 0 Å². The van der Waals surface area contributed by atoms with Gasteiger partial charge in [0.05, 0.1) is 13.2 Å². The Morgan fingerprint density at radius 2 is 0.705 bits per heavy atom. The highest BCUT2D eigenvalue weighted by Gasteiger charge is 2.56. The topological polar surface area (TPSA) is 303 Å². The van der Waals surface area contributed by atoms with Gasteiger partial charge >= 0.3 is 53.7 Å². The Labute approximate surface area is 346 Å². The van der Waals surface area contributed by atoms with Crippen LogP contribution in [0.2, 0.25) is 0 Å². The van der Waals surface area contributed by atoms with Gasteiger partial charge in [-0.1, -0.05) is 0 Å². The zero-order chi connectivity index (χ0) is 45.9. The molecule has 0 spiro atoms. The highest BCUT2D eigenvalue weighted by atomic mass is 19.1. The van der Waals surface area contributed by atoms with E-state index in [0.717, 1.165) is 62.3 Å². The fourth-order valence-corrected chi connectivity index (χ4v) is 6.49. The summed E-state index contributed by atoms with van der Waals surface area (Å²) in [7, 11) is 0. The Balaban J connectivity index is 2.05. The van der Waals surface area contributed by atoms with Crippen molar-refractivity contribution >= 4 is 53.7 Å². The van der Waals surface area contributed by atoms with Gasteiger partial charge in [-0.2, -0.15) is 0 Å². The van der Waals surface area contributed by atoms with Crippen LogP contribution in [-0.4, -0.2) is 171 Å². The summed E-state index contributed by atoms with van der Waals surface area (Å²) in [4.78, 5) is 109. The number of aliphatic hydroxyl groups excluding tert-OH is 1. The Morgan fingerprint density at radius 3 is 1.13 bits per heavy atom. The van der Waals surface area contributed by atoms with Crippen molar-refractivity contribution in [2.75, 3.05) is 19.8 Å². The van der Waals surface area contributed by atoms with Gasteiger partial charge in [-0.25, -0.2) is 4.39 Å². The second-order valence-corrected chi connectivity index (χ2v) is 13.7. The standard InChI is InChI=1S/C36H49FO24/c1-13(38)48-10-22-26(51-14(2)39)25(37)29(54-17(5)42)35(60-22)49-12-24-28(53-16(4)41)31(56-19(7)44)33(58-21(9)46)36(61-24)50-11-23-27(52-15(3)40)30(55-18(6)43)32(34(47)59-23)57-20(8)45/h22-36,47H,10-12H2,1-9H3/t22-,23-,24-,25+,26+,27+,28+,29-,30+,31+,32-,33-,34-,35-,36-/m1/s1. The first-order valence-electron chi connectivity index (χ1n) is 18.5. The average Bonchev–Trinajstić information content (AvgIpc) is 3.11. The Kier molecular flexibility index (Phi) is 18.7. The van der Waals surface area contributed by atoms with E-state index in [1.807, 2.05) is 0 Å². The maximum atomic E-state index is 16.1. The van der Waals surface area contributed by atoms with Crippen molar-refractivity contribution in [1.29, 1.82) is 0 Å². The van der Waals surface area contributed by atoms with E-state index in [2.05, 4.69) is 0 Å². The zero-order valence-electron chi connectivity index (χ0n) is 34.5. The number of carbonyl (C=O) groups excluding carboxylic acids is 9. The number of hydrogen-bond donors (Lipinski definition) is 1. The number of ether oxygens (including phenoxy) is 14. The first-order chi connectivity index (χ1) is 28.5. The summed E-state index contributed by atoms with van der Waals surface area (Å²) in [5, 5.41) is 10.8. The SMILES string of the molecule is CC(=O)OC[C@H]1O[C@@H](OC[C@H]2O[C@@H](OC[C@H]3O[C@@H](O)[C@H](OC(C)=O)[C@@H](OC(C)=O)[C@H]3OC(C)=O)[C@H](OC(C)=O)[C@@H](OC(C)=O)[C@H]2OC(C)=O)[C@H](OC(C)=O)[C@@H](F)[C@H]1OC(C)=O. The molecule has 3 fully saturated rings. The molecular weight excluding hydrogens is 835 g/mol. The van der Waals surface area contributed by atoms with Crippen LogP contribution < -0.4 is 0 Å². The first-order valence-corrected chi connectivity index (χ1v) is 18.5. The second-order valence-electron chi connectivity index (χ2n) is 13.7. The summed E-state index contributed by atoms with van der Waals surface area (Å²) in [6.07, 6.45) is -26.9. The van der Waals surface area contributed by atoms with Crippen LogP contribution in [0.4, 0.5) is 4.39 Å². The summed E-state index contributed by atoms with van der Waals surface area (Å²) in [6, 6.07) is 0. The van der Waals surface area contributed by atoms with Crippen LogP contribution in [0.15, 0.2) is 0 Å². The summed E-state index contributed by atoms with van der Waals surface area (Å²) in [5.74, 6) is -8.60. The van der Waals surface area contributed by atoms with Gasteiger partial charge in [0, 0.05) is 62.3 Å². The lowest BCUT2D eigenvalue weighted by Gasteiger charge is -2.46. The lowest BCUT2D eigenvalue weighted by Crippen LogP contribution is -2.65. The number of carbonyl (C=O) groups is 9. The van der Waals surface area contributed by atoms with E-state index in [1.165, 1.54) is 0 Å². The quantitative estimate of drug-likeness (QED) is 0.137. The second kappa shape index (κ2) is 22.7. The third kappa shape index (κ3) is 14.8. The van der Waals surface area contributed by atoms with Crippen LogP contribution >= 0.6 is 0 Å². The molecule has 0 saturated carbocycles. The van der Waals surface area contributed by atoms with Gasteiger partial charge in [0.1, 0.15) is 24.9 Å². The van der Waals surface area contributed by atoms with Gasteiger partial charge in [-0.05, 0) is 0 Å².